The van der Waals surface area contributed by atoms with Gasteiger partial charge in [-0.1, -0.05) is 0 Å². The van der Waals surface area contributed by atoms with Crippen molar-refractivity contribution in [2.24, 2.45) is 0 Å². The summed E-state index contributed by atoms with van der Waals surface area (Å²) in [7, 11) is 0. The SMILES string of the molecule is Cl.Cl.O=C(NCCN1CCNCC1)c1cncn1-c1ccc(F)cc1. The fourth-order valence-electron chi connectivity index (χ4n) is 2.62. The number of nitrogens with zero attached hydrogens (tertiary/aromatic N) is 3. The molecule has 2 N–H and O–H groups in total. The molecule has 1 amide bonds. The van der Waals surface area contributed by atoms with Gasteiger partial charge in [0.1, 0.15) is 11.5 Å². The van der Waals surface area contributed by atoms with Gasteiger partial charge >= 0.3 is 0 Å². The van der Waals surface area contributed by atoms with Crippen molar-refractivity contribution in [2.75, 3.05) is 39.3 Å². The molecule has 3 rings (SSSR count). The summed E-state index contributed by atoms with van der Waals surface area (Å²) in [4.78, 5) is 18.7. The van der Waals surface area contributed by atoms with E-state index >= 15 is 0 Å². The quantitative estimate of drug-likeness (QED) is 0.812. The fourth-order valence-corrected chi connectivity index (χ4v) is 2.62. The van der Waals surface area contributed by atoms with Crippen LogP contribution in [0.4, 0.5) is 4.39 Å². The van der Waals surface area contributed by atoms with Crippen molar-refractivity contribution in [3.05, 3.63) is 48.3 Å². The van der Waals surface area contributed by atoms with Gasteiger partial charge in [0.25, 0.3) is 5.91 Å². The maximum Gasteiger partial charge on any atom is 0.269 e. The van der Waals surface area contributed by atoms with E-state index in [0.717, 1.165) is 32.7 Å². The molecule has 2 aromatic rings. The zero-order valence-corrected chi connectivity index (χ0v) is 15.3. The molecule has 1 aliphatic heterocycles. The Morgan fingerprint density at radius 1 is 1.20 bits per heavy atom. The zero-order valence-electron chi connectivity index (χ0n) is 13.7. The number of benzene rings is 1. The number of carbonyl (C=O) groups excluding carboxylic acids is 1. The Kier molecular flexibility index (Phi) is 8.85. The Balaban J connectivity index is 0.00000156. The maximum absolute atomic E-state index is 13.0. The lowest BCUT2D eigenvalue weighted by atomic mass is 10.3. The van der Waals surface area contributed by atoms with E-state index in [-0.39, 0.29) is 36.5 Å². The zero-order chi connectivity index (χ0) is 16.1. The first-order chi connectivity index (χ1) is 11.2. The normalized spacial score (nSPS) is 14.3. The number of amides is 1. The summed E-state index contributed by atoms with van der Waals surface area (Å²) < 4.78 is 14.7. The molecule has 0 saturated carbocycles. The lowest BCUT2D eigenvalue weighted by Crippen LogP contribution is -2.46. The Bertz CT molecular complexity index is 659. The number of nitrogens with one attached hydrogen (secondary N) is 2. The highest BCUT2D eigenvalue weighted by molar-refractivity contribution is 5.93. The van der Waals surface area contributed by atoms with Gasteiger partial charge < -0.3 is 10.6 Å². The summed E-state index contributed by atoms with van der Waals surface area (Å²) in [6, 6.07) is 5.96. The monoisotopic (exact) mass is 389 g/mol. The van der Waals surface area contributed by atoms with Crippen LogP contribution < -0.4 is 10.6 Å². The molecule has 2 heterocycles. The Labute approximate surface area is 158 Å². The van der Waals surface area contributed by atoms with E-state index < -0.39 is 0 Å². The minimum absolute atomic E-state index is 0. The third-order valence-electron chi connectivity index (χ3n) is 3.90. The van der Waals surface area contributed by atoms with E-state index in [1.807, 2.05) is 0 Å². The van der Waals surface area contributed by atoms with E-state index in [2.05, 4.69) is 20.5 Å². The summed E-state index contributed by atoms with van der Waals surface area (Å²) >= 11 is 0. The van der Waals surface area contributed by atoms with Crippen LogP contribution in [0, 0.1) is 5.82 Å². The van der Waals surface area contributed by atoms with Crippen LogP contribution in [0.1, 0.15) is 10.5 Å². The van der Waals surface area contributed by atoms with Crippen molar-refractivity contribution in [3.8, 4) is 5.69 Å². The summed E-state index contributed by atoms with van der Waals surface area (Å²) in [5.74, 6) is -0.488. The molecule has 25 heavy (non-hydrogen) atoms. The van der Waals surface area contributed by atoms with Gasteiger partial charge in [-0.05, 0) is 24.3 Å². The molecule has 9 heteroatoms. The van der Waals surface area contributed by atoms with E-state index in [4.69, 9.17) is 0 Å². The molecule has 0 radical (unpaired) electrons. The molecule has 1 aromatic heterocycles. The van der Waals surface area contributed by atoms with Crippen molar-refractivity contribution in [1.29, 1.82) is 0 Å². The van der Waals surface area contributed by atoms with Crippen molar-refractivity contribution < 1.29 is 9.18 Å². The Morgan fingerprint density at radius 3 is 2.56 bits per heavy atom. The highest BCUT2D eigenvalue weighted by Gasteiger charge is 2.14. The maximum atomic E-state index is 13.0. The number of hydrogen-bond acceptors (Lipinski definition) is 4. The van der Waals surface area contributed by atoms with Crippen LogP contribution in [0.5, 0.6) is 0 Å². The van der Waals surface area contributed by atoms with E-state index in [0.29, 0.717) is 17.9 Å². The fraction of sp³-hybridized carbons (Fsp3) is 0.375. The first kappa shape index (κ1) is 21.4. The molecule has 138 valence electrons. The van der Waals surface area contributed by atoms with Crippen molar-refractivity contribution in [1.82, 2.24) is 25.1 Å². The van der Waals surface area contributed by atoms with Crippen LogP contribution in [0.2, 0.25) is 0 Å². The number of imidazole rings is 1. The molecule has 0 atom stereocenters. The second kappa shape index (κ2) is 10.4. The van der Waals surface area contributed by atoms with Gasteiger partial charge in [0.2, 0.25) is 0 Å². The number of aromatic nitrogens is 2. The summed E-state index contributed by atoms with van der Waals surface area (Å²) in [5, 5.41) is 6.22. The summed E-state index contributed by atoms with van der Waals surface area (Å²) in [5.41, 5.74) is 1.15. The summed E-state index contributed by atoms with van der Waals surface area (Å²) in [6.45, 7) is 5.41. The molecule has 1 fully saturated rings. The van der Waals surface area contributed by atoms with Gasteiger partial charge in [-0.15, -0.1) is 24.8 Å². The predicted octanol–water partition coefficient (Wildman–Crippen LogP) is 1.49. The van der Waals surface area contributed by atoms with Crippen LogP contribution in [0.3, 0.4) is 0 Å². The van der Waals surface area contributed by atoms with Crippen LogP contribution in [0.15, 0.2) is 36.8 Å². The lowest BCUT2D eigenvalue weighted by molar-refractivity contribution is 0.0940. The molecule has 1 aliphatic rings. The highest BCUT2D eigenvalue weighted by atomic mass is 35.5. The molecule has 0 bridgehead atoms. The third-order valence-corrected chi connectivity index (χ3v) is 3.90. The largest absolute Gasteiger partial charge is 0.349 e. The Hall–Kier alpha value is -1.67. The molecular formula is C16H22Cl2FN5O. The number of halogens is 3. The van der Waals surface area contributed by atoms with Crippen LogP contribution in [0.25, 0.3) is 5.69 Å². The topological polar surface area (TPSA) is 62.2 Å². The third kappa shape index (κ3) is 5.67. The Morgan fingerprint density at radius 2 is 1.88 bits per heavy atom. The minimum Gasteiger partial charge on any atom is -0.349 e. The first-order valence-electron chi connectivity index (χ1n) is 7.73. The summed E-state index contributed by atoms with van der Waals surface area (Å²) in [6.07, 6.45) is 3.07. The van der Waals surface area contributed by atoms with Gasteiger partial charge in [0, 0.05) is 45.0 Å². The van der Waals surface area contributed by atoms with Crippen LogP contribution >= 0.6 is 24.8 Å². The molecule has 0 unspecified atom stereocenters. The number of carbonyl (C=O) groups is 1. The lowest BCUT2D eigenvalue weighted by Gasteiger charge is -2.27. The molecule has 1 aromatic carbocycles. The van der Waals surface area contributed by atoms with Gasteiger partial charge in [-0.3, -0.25) is 14.3 Å². The average Bonchev–Trinajstić information content (AvgIpc) is 3.06. The number of rotatable bonds is 5. The minimum atomic E-state index is -0.309. The van der Waals surface area contributed by atoms with Crippen LogP contribution in [-0.2, 0) is 0 Å². The number of piperazine rings is 1. The molecule has 6 nitrogen and oxygen atoms in total. The second-order valence-electron chi connectivity index (χ2n) is 5.47. The van der Waals surface area contributed by atoms with E-state index in [1.165, 1.54) is 18.3 Å². The number of hydrogen-bond donors (Lipinski definition) is 2. The first-order valence-corrected chi connectivity index (χ1v) is 7.73. The highest BCUT2D eigenvalue weighted by Crippen LogP contribution is 2.12. The molecular weight excluding hydrogens is 368 g/mol. The standard InChI is InChI=1S/C16H20FN5O.2ClH/c17-13-1-3-14(4-2-13)22-12-19-11-15(22)16(23)20-7-10-21-8-5-18-6-9-21;;/h1-4,11-12,18H,5-10H2,(H,20,23);2*1H. The van der Waals surface area contributed by atoms with Gasteiger partial charge in [-0.25, -0.2) is 9.37 Å². The van der Waals surface area contributed by atoms with E-state index in [9.17, 15) is 9.18 Å². The van der Waals surface area contributed by atoms with Gasteiger partial charge in [0.05, 0.1) is 12.5 Å². The molecule has 0 aliphatic carbocycles. The second-order valence-corrected chi connectivity index (χ2v) is 5.47. The van der Waals surface area contributed by atoms with Crippen LogP contribution in [-0.4, -0.2) is 59.6 Å². The predicted molar refractivity (Wildman–Crippen MR) is 99.7 cm³/mol. The van der Waals surface area contributed by atoms with Crippen molar-refractivity contribution in [2.45, 2.75) is 0 Å². The van der Waals surface area contributed by atoms with Crippen molar-refractivity contribution >= 4 is 30.7 Å². The molecule has 1 saturated heterocycles. The van der Waals surface area contributed by atoms with Gasteiger partial charge in [-0.2, -0.15) is 0 Å². The average molecular weight is 390 g/mol. The van der Waals surface area contributed by atoms with E-state index in [1.54, 1.807) is 23.0 Å². The molecule has 0 spiro atoms. The van der Waals surface area contributed by atoms with Crippen molar-refractivity contribution in [3.63, 3.8) is 0 Å². The smallest absolute Gasteiger partial charge is 0.269 e. The van der Waals surface area contributed by atoms with Gasteiger partial charge in [0.15, 0.2) is 0 Å².